The number of carbonyl (C=O) groups excluding carboxylic acids is 2. The number of ether oxygens (including phenoxy) is 1. The number of Topliss-reactive ketones (excluding diaryl/α,β-unsaturated/α-hetero) is 1. The number of amides is 1. The van der Waals surface area contributed by atoms with Crippen molar-refractivity contribution in [1.29, 1.82) is 0 Å². The van der Waals surface area contributed by atoms with E-state index in [0.29, 0.717) is 12.5 Å². The summed E-state index contributed by atoms with van der Waals surface area (Å²) in [5, 5.41) is 0. The van der Waals surface area contributed by atoms with E-state index in [-0.39, 0.29) is 11.2 Å². The molecular formula is C20H31N3O3. The first-order chi connectivity index (χ1) is 12.4. The Kier molecular flexibility index (Phi) is 5.82. The number of ketones is 1. The molecule has 0 bridgehead atoms. The fraction of sp³-hybridized carbons (Fsp3) is 0.700. The molecule has 3 heterocycles. The number of hydrogen-bond acceptors (Lipinski definition) is 4. The number of piperidine rings is 1. The van der Waals surface area contributed by atoms with Crippen LogP contribution >= 0.6 is 0 Å². The van der Waals surface area contributed by atoms with Crippen LogP contribution < -0.4 is 0 Å². The number of carbonyl (C=O) groups is 2. The molecule has 1 amide bonds. The third-order valence-electron chi connectivity index (χ3n) is 5.93. The summed E-state index contributed by atoms with van der Waals surface area (Å²) in [5.41, 5.74) is 1.68. The van der Waals surface area contributed by atoms with E-state index in [2.05, 4.69) is 4.90 Å². The molecule has 2 fully saturated rings. The Bertz CT molecular complexity index is 669. The molecule has 1 aromatic heterocycles. The third kappa shape index (κ3) is 3.86. The van der Waals surface area contributed by atoms with Crippen molar-refractivity contribution >= 4 is 11.7 Å². The molecule has 0 aliphatic carbocycles. The van der Waals surface area contributed by atoms with Gasteiger partial charge in [0.2, 0.25) is 5.91 Å². The van der Waals surface area contributed by atoms with Gasteiger partial charge in [-0.2, -0.15) is 0 Å². The fourth-order valence-electron chi connectivity index (χ4n) is 4.43. The van der Waals surface area contributed by atoms with Crippen molar-refractivity contribution in [2.24, 2.45) is 12.5 Å². The van der Waals surface area contributed by atoms with Crippen LogP contribution in [-0.4, -0.2) is 66.0 Å². The molecule has 1 spiro atoms. The van der Waals surface area contributed by atoms with E-state index in [9.17, 15) is 9.59 Å². The second-order valence-electron chi connectivity index (χ2n) is 7.87. The van der Waals surface area contributed by atoms with Crippen LogP contribution in [0.2, 0.25) is 0 Å². The molecule has 1 aromatic rings. The first-order valence-corrected chi connectivity index (χ1v) is 9.62. The lowest BCUT2D eigenvalue weighted by molar-refractivity contribution is -0.145. The Hall–Kier alpha value is -1.66. The van der Waals surface area contributed by atoms with Gasteiger partial charge in [-0.15, -0.1) is 0 Å². The number of nitrogens with zero attached hydrogens (tertiary/aromatic N) is 3. The summed E-state index contributed by atoms with van der Waals surface area (Å²) < 4.78 is 7.16. The van der Waals surface area contributed by atoms with E-state index in [1.165, 1.54) is 0 Å². The molecule has 0 unspecified atom stereocenters. The van der Waals surface area contributed by atoms with Crippen molar-refractivity contribution in [3.63, 3.8) is 0 Å². The molecule has 1 atom stereocenters. The van der Waals surface area contributed by atoms with Crippen molar-refractivity contribution in [1.82, 2.24) is 14.4 Å². The van der Waals surface area contributed by atoms with Gasteiger partial charge in [0.25, 0.3) is 0 Å². The summed E-state index contributed by atoms with van der Waals surface area (Å²) in [7, 11) is 3.69. The van der Waals surface area contributed by atoms with Gasteiger partial charge < -0.3 is 14.2 Å². The second-order valence-corrected chi connectivity index (χ2v) is 7.87. The van der Waals surface area contributed by atoms with Crippen LogP contribution in [0.15, 0.2) is 12.3 Å². The molecule has 0 saturated carbocycles. The van der Waals surface area contributed by atoms with Crippen molar-refractivity contribution in [3.05, 3.63) is 23.5 Å². The summed E-state index contributed by atoms with van der Waals surface area (Å²) >= 11 is 0. The van der Waals surface area contributed by atoms with E-state index < -0.39 is 0 Å². The average molecular weight is 361 g/mol. The van der Waals surface area contributed by atoms with Gasteiger partial charge in [-0.05, 0) is 45.2 Å². The minimum Gasteiger partial charge on any atom is -0.385 e. The van der Waals surface area contributed by atoms with E-state index in [0.717, 1.165) is 69.7 Å². The Morgan fingerprint density at radius 1 is 1.31 bits per heavy atom. The molecule has 144 valence electrons. The summed E-state index contributed by atoms with van der Waals surface area (Å²) in [4.78, 5) is 29.1. The average Bonchev–Trinajstić information content (AvgIpc) is 3.17. The van der Waals surface area contributed by atoms with E-state index in [1.54, 1.807) is 14.0 Å². The van der Waals surface area contributed by atoms with Gasteiger partial charge in [-0.25, -0.2) is 0 Å². The summed E-state index contributed by atoms with van der Waals surface area (Å²) in [6, 6.07) is 1.98. The zero-order chi connectivity index (χ0) is 18.7. The molecule has 6 nitrogen and oxygen atoms in total. The highest BCUT2D eigenvalue weighted by Gasteiger charge is 2.48. The first kappa shape index (κ1) is 19.1. The second kappa shape index (κ2) is 7.92. The number of hydrogen-bond donors (Lipinski definition) is 0. The number of methoxy groups -OCH3 is 1. The van der Waals surface area contributed by atoms with Crippen LogP contribution in [0.3, 0.4) is 0 Å². The van der Waals surface area contributed by atoms with Crippen LogP contribution in [0.1, 0.15) is 48.7 Å². The standard InChI is InChI=1S/C20H31N3O3/c1-16(24)17-12-18(21(2)13-17)14-22-10-7-20(15-22)6-4-8-23(19(20)25)9-5-11-26-3/h12-13H,4-11,14-15H2,1-3H3/t20-/m0/s1. The van der Waals surface area contributed by atoms with Crippen molar-refractivity contribution in [2.75, 3.05) is 39.9 Å². The van der Waals surface area contributed by atoms with Gasteiger partial charge in [-0.1, -0.05) is 0 Å². The number of aryl methyl sites for hydroxylation is 1. The lowest BCUT2D eigenvalue weighted by Crippen LogP contribution is -2.50. The molecule has 2 saturated heterocycles. The van der Waals surface area contributed by atoms with Gasteiger partial charge in [-0.3, -0.25) is 14.5 Å². The highest BCUT2D eigenvalue weighted by atomic mass is 16.5. The Labute approximate surface area is 156 Å². The zero-order valence-corrected chi connectivity index (χ0v) is 16.3. The Morgan fingerprint density at radius 2 is 2.12 bits per heavy atom. The molecule has 0 radical (unpaired) electrons. The van der Waals surface area contributed by atoms with Gasteiger partial charge in [0.05, 0.1) is 5.41 Å². The van der Waals surface area contributed by atoms with E-state index in [4.69, 9.17) is 4.74 Å². The normalized spacial score (nSPS) is 24.0. The quantitative estimate of drug-likeness (QED) is 0.551. The molecule has 3 rings (SSSR count). The van der Waals surface area contributed by atoms with Crippen molar-refractivity contribution in [2.45, 2.75) is 39.2 Å². The summed E-state index contributed by atoms with van der Waals surface area (Å²) in [6.07, 6.45) is 5.82. The van der Waals surface area contributed by atoms with Crippen LogP contribution in [-0.2, 0) is 23.1 Å². The maximum absolute atomic E-state index is 13.1. The maximum atomic E-state index is 13.1. The third-order valence-corrected chi connectivity index (χ3v) is 5.93. The van der Waals surface area contributed by atoms with E-state index in [1.807, 2.05) is 28.8 Å². The smallest absolute Gasteiger partial charge is 0.230 e. The van der Waals surface area contributed by atoms with Crippen LogP contribution in [0.5, 0.6) is 0 Å². The minimum absolute atomic E-state index is 0.0962. The highest BCUT2D eigenvalue weighted by molar-refractivity contribution is 5.94. The number of rotatable bonds is 7. The molecule has 2 aliphatic rings. The van der Waals surface area contributed by atoms with Crippen molar-refractivity contribution in [3.8, 4) is 0 Å². The van der Waals surface area contributed by atoms with Crippen LogP contribution in [0.4, 0.5) is 0 Å². The highest BCUT2D eigenvalue weighted by Crippen LogP contribution is 2.40. The summed E-state index contributed by atoms with van der Waals surface area (Å²) in [6.45, 7) is 6.55. The molecule has 26 heavy (non-hydrogen) atoms. The fourth-order valence-corrected chi connectivity index (χ4v) is 4.43. The topological polar surface area (TPSA) is 54.8 Å². The molecule has 2 aliphatic heterocycles. The van der Waals surface area contributed by atoms with E-state index >= 15 is 0 Å². The Morgan fingerprint density at radius 3 is 2.81 bits per heavy atom. The summed E-state index contributed by atoms with van der Waals surface area (Å²) in [5.74, 6) is 0.428. The van der Waals surface area contributed by atoms with Gasteiger partial charge in [0, 0.05) is 64.4 Å². The largest absolute Gasteiger partial charge is 0.385 e. The Balaban J connectivity index is 1.63. The lowest BCUT2D eigenvalue weighted by Gasteiger charge is -2.39. The maximum Gasteiger partial charge on any atom is 0.230 e. The predicted octanol–water partition coefficient (Wildman–Crippen LogP) is 2.08. The predicted molar refractivity (Wildman–Crippen MR) is 100 cm³/mol. The number of aromatic nitrogens is 1. The molecular weight excluding hydrogens is 330 g/mol. The number of likely N-dealkylation sites (tertiary alicyclic amines) is 2. The molecule has 0 N–H and O–H groups in total. The van der Waals surface area contributed by atoms with Crippen LogP contribution in [0.25, 0.3) is 0 Å². The SMILES string of the molecule is COCCCN1CCC[C@@]2(CCN(Cc3cc(C(C)=O)cn3C)C2)C1=O. The van der Waals surface area contributed by atoms with Gasteiger partial charge in [0.1, 0.15) is 0 Å². The molecule has 0 aromatic carbocycles. The molecule has 6 heteroatoms. The first-order valence-electron chi connectivity index (χ1n) is 9.62. The lowest BCUT2D eigenvalue weighted by atomic mass is 9.78. The zero-order valence-electron chi connectivity index (χ0n) is 16.3. The monoisotopic (exact) mass is 361 g/mol. The van der Waals surface area contributed by atoms with Crippen molar-refractivity contribution < 1.29 is 14.3 Å². The van der Waals surface area contributed by atoms with Gasteiger partial charge in [0.15, 0.2) is 5.78 Å². The van der Waals surface area contributed by atoms with Crippen LogP contribution in [0, 0.1) is 5.41 Å². The minimum atomic E-state index is -0.208. The van der Waals surface area contributed by atoms with Gasteiger partial charge >= 0.3 is 0 Å².